The highest BCUT2D eigenvalue weighted by Gasteiger charge is 2.42. The van der Waals surface area contributed by atoms with Crippen molar-refractivity contribution in [3.05, 3.63) is 53.2 Å². The first-order chi connectivity index (χ1) is 15.4. The second kappa shape index (κ2) is 7.93. The smallest absolute Gasteiger partial charge is 0.251 e. The van der Waals surface area contributed by atoms with Gasteiger partial charge >= 0.3 is 0 Å². The second-order valence-corrected chi connectivity index (χ2v) is 9.14. The van der Waals surface area contributed by atoms with Crippen molar-refractivity contribution in [1.29, 1.82) is 0 Å². The van der Waals surface area contributed by atoms with Crippen molar-refractivity contribution in [2.45, 2.75) is 56.7 Å². The fourth-order valence-corrected chi connectivity index (χ4v) is 5.13. The zero-order chi connectivity index (χ0) is 22.4. The molecule has 1 saturated carbocycles. The van der Waals surface area contributed by atoms with E-state index in [1.165, 1.54) is 12.1 Å². The lowest BCUT2D eigenvalue weighted by atomic mass is 9.96. The van der Waals surface area contributed by atoms with E-state index < -0.39 is 5.91 Å². The Morgan fingerprint density at radius 3 is 2.22 bits per heavy atom. The Morgan fingerprint density at radius 2 is 1.66 bits per heavy atom. The molecular weight excluding hydrogens is 406 g/mol. The maximum Gasteiger partial charge on any atom is 0.251 e. The van der Waals surface area contributed by atoms with Gasteiger partial charge in [0.1, 0.15) is 5.82 Å². The number of nitrogen functional groups attached to an aromatic ring is 1. The van der Waals surface area contributed by atoms with E-state index in [1.54, 1.807) is 12.3 Å². The number of amides is 2. The number of ketones is 1. The van der Waals surface area contributed by atoms with Gasteiger partial charge in [-0.05, 0) is 68.9 Å². The molecule has 2 unspecified atom stereocenters. The third-order valence-corrected chi connectivity index (χ3v) is 6.89. The van der Waals surface area contributed by atoms with Crippen LogP contribution in [0.4, 0.5) is 11.5 Å². The Morgan fingerprint density at radius 1 is 0.969 bits per heavy atom. The first-order valence-corrected chi connectivity index (χ1v) is 11.2. The molecule has 0 spiro atoms. The van der Waals surface area contributed by atoms with Gasteiger partial charge in [-0.2, -0.15) is 0 Å². The fraction of sp³-hybridized carbons (Fsp3) is 0.417. The summed E-state index contributed by atoms with van der Waals surface area (Å²) in [5.41, 5.74) is 12.7. The average molecular weight is 434 g/mol. The van der Waals surface area contributed by atoms with Crippen LogP contribution in [0.15, 0.2) is 36.5 Å². The molecular formula is C24H27N5O3. The van der Waals surface area contributed by atoms with Crippen molar-refractivity contribution < 1.29 is 14.4 Å². The summed E-state index contributed by atoms with van der Waals surface area (Å²) in [6.07, 6.45) is 7.48. The Hall–Kier alpha value is -3.42. The number of anilines is 2. The van der Waals surface area contributed by atoms with Gasteiger partial charge in [0.05, 0.1) is 5.56 Å². The van der Waals surface area contributed by atoms with Crippen LogP contribution in [0, 0.1) is 5.92 Å². The SMILES string of the molecule is NC(=O)c1ccc(C(=O)NC2CC3CCC(C2)N3c2ccc(C(=O)C3CC3)cn2)cc1N. The minimum absolute atomic E-state index is 0.0593. The van der Waals surface area contributed by atoms with Crippen molar-refractivity contribution in [3.63, 3.8) is 0 Å². The molecule has 1 aliphatic carbocycles. The predicted molar refractivity (Wildman–Crippen MR) is 120 cm³/mol. The van der Waals surface area contributed by atoms with Gasteiger partial charge in [-0.15, -0.1) is 0 Å². The van der Waals surface area contributed by atoms with Gasteiger partial charge < -0.3 is 21.7 Å². The number of pyridine rings is 1. The normalized spacial score (nSPS) is 24.2. The molecule has 3 heterocycles. The van der Waals surface area contributed by atoms with Crippen LogP contribution in [-0.2, 0) is 0 Å². The maximum absolute atomic E-state index is 12.8. The van der Waals surface area contributed by atoms with Crippen LogP contribution in [0.2, 0.25) is 0 Å². The highest BCUT2D eigenvalue weighted by molar-refractivity contribution is 6.01. The second-order valence-electron chi connectivity index (χ2n) is 9.14. The zero-order valence-corrected chi connectivity index (χ0v) is 17.8. The standard InChI is InChI=1S/C24H27N5O3/c25-20-9-14(3-7-19(20)23(26)31)24(32)28-16-10-17-5-6-18(11-16)29(17)21-8-4-15(12-27-21)22(30)13-1-2-13/h3-4,7-9,12-13,16-18H,1-2,5-6,10-11,25H2,(H2,26,31)(H,28,32). The lowest BCUT2D eigenvalue weighted by Gasteiger charge is -2.40. The number of hydrogen-bond donors (Lipinski definition) is 3. The number of benzene rings is 1. The van der Waals surface area contributed by atoms with Crippen molar-refractivity contribution in [2.75, 3.05) is 10.6 Å². The minimum Gasteiger partial charge on any atom is -0.398 e. The van der Waals surface area contributed by atoms with Crippen LogP contribution < -0.4 is 21.7 Å². The average Bonchev–Trinajstić information content (AvgIpc) is 3.58. The van der Waals surface area contributed by atoms with Crippen molar-refractivity contribution in [2.24, 2.45) is 11.7 Å². The van der Waals surface area contributed by atoms with E-state index in [9.17, 15) is 14.4 Å². The van der Waals surface area contributed by atoms with Crippen LogP contribution in [0.5, 0.6) is 0 Å². The molecule has 5 N–H and O–H groups in total. The molecule has 2 atom stereocenters. The molecule has 5 rings (SSSR count). The number of hydrogen-bond acceptors (Lipinski definition) is 6. The number of aromatic nitrogens is 1. The summed E-state index contributed by atoms with van der Waals surface area (Å²) in [4.78, 5) is 43.3. The molecule has 8 heteroatoms. The molecule has 8 nitrogen and oxygen atoms in total. The van der Waals surface area contributed by atoms with E-state index in [4.69, 9.17) is 11.5 Å². The van der Waals surface area contributed by atoms with Crippen LogP contribution in [0.1, 0.15) is 69.6 Å². The molecule has 1 aromatic heterocycles. The van der Waals surface area contributed by atoms with Gasteiger partial charge in [0.15, 0.2) is 5.78 Å². The van der Waals surface area contributed by atoms with Gasteiger partial charge in [-0.25, -0.2) is 4.98 Å². The number of nitrogens with two attached hydrogens (primary N) is 2. The molecule has 0 radical (unpaired) electrons. The Labute approximate surface area is 186 Å². The monoisotopic (exact) mass is 433 g/mol. The molecule has 1 aromatic carbocycles. The van der Waals surface area contributed by atoms with E-state index in [1.807, 2.05) is 12.1 Å². The Balaban J connectivity index is 1.24. The maximum atomic E-state index is 12.8. The number of rotatable bonds is 6. The third kappa shape index (κ3) is 3.81. The number of nitrogens with zero attached hydrogens (tertiary/aromatic N) is 2. The van der Waals surface area contributed by atoms with Crippen molar-refractivity contribution in [3.8, 4) is 0 Å². The number of carbonyl (C=O) groups is 3. The first kappa shape index (κ1) is 20.5. The van der Waals surface area contributed by atoms with Gasteiger partial charge in [0.2, 0.25) is 0 Å². The lowest BCUT2D eigenvalue weighted by molar-refractivity contribution is 0.0924. The summed E-state index contributed by atoms with van der Waals surface area (Å²) in [6, 6.07) is 9.08. The summed E-state index contributed by atoms with van der Waals surface area (Å²) in [5, 5.41) is 3.12. The van der Waals surface area contributed by atoms with E-state index >= 15 is 0 Å². The molecule has 3 aliphatic rings. The van der Waals surface area contributed by atoms with Crippen molar-refractivity contribution >= 4 is 29.1 Å². The highest BCUT2D eigenvalue weighted by Crippen LogP contribution is 2.39. The molecule has 32 heavy (non-hydrogen) atoms. The number of piperidine rings is 1. The number of fused-ring (bicyclic) bond motifs is 2. The number of nitrogens with one attached hydrogen (secondary N) is 1. The van der Waals surface area contributed by atoms with Crippen LogP contribution in [0.25, 0.3) is 0 Å². The summed E-state index contributed by atoms with van der Waals surface area (Å²) in [6.45, 7) is 0. The summed E-state index contributed by atoms with van der Waals surface area (Å²) in [5.74, 6) is 0.492. The molecule has 3 fully saturated rings. The molecule has 166 valence electrons. The fourth-order valence-electron chi connectivity index (χ4n) is 5.13. The van der Waals surface area contributed by atoms with E-state index in [0.717, 1.165) is 44.3 Å². The van der Waals surface area contributed by atoms with Crippen LogP contribution in [0.3, 0.4) is 0 Å². The largest absolute Gasteiger partial charge is 0.398 e. The molecule has 2 aliphatic heterocycles. The topological polar surface area (TPSA) is 131 Å². The van der Waals surface area contributed by atoms with Gasteiger partial charge in [0, 0.05) is 47.1 Å². The highest BCUT2D eigenvalue weighted by atomic mass is 16.2. The summed E-state index contributed by atoms with van der Waals surface area (Å²) >= 11 is 0. The molecule has 2 saturated heterocycles. The van der Waals surface area contributed by atoms with Gasteiger partial charge in [-0.3, -0.25) is 14.4 Å². The number of primary amides is 1. The third-order valence-electron chi connectivity index (χ3n) is 6.89. The zero-order valence-electron chi connectivity index (χ0n) is 17.8. The minimum atomic E-state index is -0.614. The molecule has 2 aromatic rings. The van der Waals surface area contributed by atoms with E-state index in [0.29, 0.717) is 23.2 Å². The lowest BCUT2D eigenvalue weighted by Crippen LogP contribution is -2.50. The van der Waals surface area contributed by atoms with Gasteiger partial charge in [0.25, 0.3) is 11.8 Å². The molecule has 2 bridgehead atoms. The van der Waals surface area contributed by atoms with Crippen molar-refractivity contribution in [1.82, 2.24) is 10.3 Å². The van der Waals surface area contributed by atoms with Gasteiger partial charge in [-0.1, -0.05) is 0 Å². The summed E-state index contributed by atoms with van der Waals surface area (Å²) in [7, 11) is 0. The van der Waals surface area contributed by atoms with E-state index in [-0.39, 0.29) is 34.9 Å². The van der Waals surface area contributed by atoms with Crippen LogP contribution in [-0.4, -0.2) is 40.7 Å². The van der Waals surface area contributed by atoms with E-state index in [2.05, 4.69) is 15.2 Å². The van der Waals surface area contributed by atoms with Crippen LogP contribution >= 0.6 is 0 Å². The number of carbonyl (C=O) groups excluding carboxylic acids is 3. The molecule has 2 amide bonds. The first-order valence-electron chi connectivity index (χ1n) is 11.2. The predicted octanol–water partition coefficient (Wildman–Crippen LogP) is 2.29. The quantitative estimate of drug-likeness (QED) is 0.473. The Kier molecular flexibility index (Phi) is 5.07. The number of Topliss-reactive ketones (excluding diaryl/α,β-unsaturated/α-hetero) is 1. The summed E-state index contributed by atoms with van der Waals surface area (Å²) < 4.78 is 0. The Bertz CT molecular complexity index is 1070.